The summed E-state index contributed by atoms with van der Waals surface area (Å²) in [7, 11) is 0. The Labute approximate surface area is 201 Å². The van der Waals surface area contributed by atoms with Crippen molar-refractivity contribution in [1.82, 2.24) is 9.80 Å². The highest BCUT2D eigenvalue weighted by Crippen LogP contribution is 2.66. The van der Waals surface area contributed by atoms with E-state index in [9.17, 15) is 19.5 Å². The number of rotatable bonds is 11. The van der Waals surface area contributed by atoms with Crippen LogP contribution in [0.1, 0.15) is 52.9 Å². The van der Waals surface area contributed by atoms with Gasteiger partial charge < -0.3 is 19.6 Å². The predicted octanol–water partition coefficient (Wildman–Crippen LogP) is 2.78. The van der Waals surface area contributed by atoms with E-state index in [1.807, 2.05) is 20.8 Å². The van der Waals surface area contributed by atoms with Gasteiger partial charge in [0.15, 0.2) is 0 Å². The fourth-order valence-electron chi connectivity index (χ4n) is 5.65. The lowest BCUT2D eigenvalue weighted by molar-refractivity contribution is -0.154. The molecule has 3 saturated heterocycles. The van der Waals surface area contributed by atoms with Gasteiger partial charge in [0.2, 0.25) is 11.8 Å². The quantitative estimate of drug-likeness (QED) is 0.279. The van der Waals surface area contributed by atoms with Crippen LogP contribution in [0.3, 0.4) is 0 Å². The summed E-state index contributed by atoms with van der Waals surface area (Å²) >= 11 is 1.64. The molecule has 3 aliphatic heterocycles. The molecule has 0 aromatic heterocycles. The largest absolute Gasteiger partial charge is 0.465 e. The SMILES string of the molecule is C=CCCCOC(=O)[C@@H]1[C@H]2C(=O)N(CCCO)C(C(=O)N(CC=C)C(C)(C)C)C23CC[C@H]1S3. The van der Waals surface area contributed by atoms with E-state index in [1.54, 1.807) is 33.7 Å². The average Bonchev–Trinajstić information content (AvgIpc) is 3.39. The Balaban J connectivity index is 1.94. The van der Waals surface area contributed by atoms with Crippen molar-refractivity contribution >= 4 is 29.5 Å². The third-order valence-corrected chi connectivity index (χ3v) is 9.00. The van der Waals surface area contributed by atoms with Gasteiger partial charge in [0.05, 0.1) is 23.2 Å². The second kappa shape index (κ2) is 10.2. The minimum absolute atomic E-state index is 0.0105. The Morgan fingerprint density at radius 3 is 2.64 bits per heavy atom. The van der Waals surface area contributed by atoms with Gasteiger partial charge in [0.1, 0.15) is 6.04 Å². The molecular formula is C25H38N2O5S. The van der Waals surface area contributed by atoms with E-state index in [1.165, 1.54) is 0 Å². The van der Waals surface area contributed by atoms with Gasteiger partial charge in [-0.15, -0.1) is 24.9 Å². The van der Waals surface area contributed by atoms with Crippen molar-refractivity contribution in [1.29, 1.82) is 0 Å². The molecular weight excluding hydrogens is 440 g/mol. The Kier molecular flexibility index (Phi) is 7.99. The molecule has 1 spiro atoms. The molecule has 7 nitrogen and oxygen atoms in total. The van der Waals surface area contributed by atoms with Crippen LogP contribution in [0.5, 0.6) is 0 Å². The number of nitrogens with zero attached hydrogens (tertiary/aromatic N) is 2. The maximum Gasteiger partial charge on any atom is 0.310 e. The van der Waals surface area contributed by atoms with Crippen molar-refractivity contribution in [2.45, 2.75) is 74.5 Å². The van der Waals surface area contributed by atoms with Gasteiger partial charge in [-0.25, -0.2) is 0 Å². The lowest BCUT2D eigenvalue weighted by Crippen LogP contribution is -2.58. The number of hydrogen-bond donors (Lipinski definition) is 1. The number of unbranched alkanes of at least 4 members (excludes halogenated alkanes) is 1. The highest BCUT2D eigenvalue weighted by Gasteiger charge is 2.74. The number of carbonyl (C=O) groups is 3. The molecule has 3 rings (SSSR count). The summed E-state index contributed by atoms with van der Waals surface area (Å²) in [5, 5.41) is 9.43. The second-order valence-electron chi connectivity index (χ2n) is 10.2. The predicted molar refractivity (Wildman–Crippen MR) is 130 cm³/mol. The van der Waals surface area contributed by atoms with Crippen molar-refractivity contribution in [3.05, 3.63) is 25.3 Å². The number of aliphatic hydroxyl groups excluding tert-OH is 1. The Bertz CT molecular complexity index is 794. The number of carbonyl (C=O) groups excluding carboxylic acids is 3. The van der Waals surface area contributed by atoms with Crippen LogP contribution in [0.4, 0.5) is 0 Å². The monoisotopic (exact) mass is 478 g/mol. The number of thioether (sulfide) groups is 1. The minimum atomic E-state index is -0.658. The number of aliphatic hydroxyl groups is 1. The first kappa shape index (κ1) is 25.8. The van der Waals surface area contributed by atoms with Gasteiger partial charge in [-0.1, -0.05) is 12.2 Å². The van der Waals surface area contributed by atoms with Gasteiger partial charge in [-0.2, -0.15) is 0 Å². The molecule has 2 bridgehead atoms. The van der Waals surface area contributed by atoms with E-state index in [0.29, 0.717) is 32.5 Å². The van der Waals surface area contributed by atoms with Crippen LogP contribution in [0, 0.1) is 11.8 Å². The lowest BCUT2D eigenvalue weighted by atomic mass is 9.71. The molecule has 8 heteroatoms. The number of fused-ring (bicyclic) bond motifs is 1. The van der Waals surface area contributed by atoms with Crippen LogP contribution in [0.2, 0.25) is 0 Å². The topological polar surface area (TPSA) is 87.1 Å². The maximum absolute atomic E-state index is 14.0. The first-order chi connectivity index (χ1) is 15.6. The zero-order valence-electron chi connectivity index (χ0n) is 20.1. The van der Waals surface area contributed by atoms with E-state index in [0.717, 1.165) is 19.3 Å². The molecule has 0 aliphatic carbocycles. The van der Waals surface area contributed by atoms with Gasteiger partial charge >= 0.3 is 5.97 Å². The van der Waals surface area contributed by atoms with Crippen LogP contribution < -0.4 is 0 Å². The molecule has 2 amide bonds. The molecule has 0 aromatic rings. The summed E-state index contributed by atoms with van der Waals surface area (Å²) in [4.78, 5) is 44.3. The molecule has 2 unspecified atom stereocenters. The van der Waals surface area contributed by atoms with Crippen molar-refractivity contribution in [2.75, 3.05) is 26.3 Å². The molecule has 3 fully saturated rings. The zero-order valence-corrected chi connectivity index (χ0v) is 20.9. The van der Waals surface area contributed by atoms with Gasteiger partial charge in [0.25, 0.3) is 0 Å². The first-order valence-electron chi connectivity index (χ1n) is 11.9. The van der Waals surface area contributed by atoms with Crippen LogP contribution in [-0.4, -0.2) is 80.6 Å². The molecule has 3 heterocycles. The number of hydrogen-bond acceptors (Lipinski definition) is 6. The van der Waals surface area contributed by atoms with Crippen molar-refractivity contribution in [3.63, 3.8) is 0 Å². The van der Waals surface area contributed by atoms with Gasteiger partial charge in [-0.05, 0) is 52.9 Å². The normalized spacial score (nSPS) is 30.3. The Morgan fingerprint density at radius 1 is 1.30 bits per heavy atom. The second-order valence-corrected chi connectivity index (χ2v) is 11.8. The summed E-state index contributed by atoms with van der Waals surface area (Å²) in [6, 6.07) is -0.658. The molecule has 0 aromatic carbocycles. The number of amides is 2. The molecule has 184 valence electrons. The van der Waals surface area contributed by atoms with E-state index < -0.39 is 28.2 Å². The lowest BCUT2D eigenvalue weighted by Gasteiger charge is -2.42. The highest BCUT2D eigenvalue weighted by atomic mass is 32.2. The summed E-state index contributed by atoms with van der Waals surface area (Å²) in [5.74, 6) is -1.69. The standard InChI is InChI=1S/C25H38N2O5S/c1-6-8-9-16-32-23(31)18-17-11-12-25(33-17)19(18)21(29)26(14-10-15-28)20(25)22(30)27(13-7-2)24(3,4)5/h6-7,17-20,28H,1-2,8-16H2,3-5H3/t17-,18+,19+,20?,25?/m1/s1. The van der Waals surface area contributed by atoms with Crippen LogP contribution in [0.15, 0.2) is 25.3 Å². The number of ether oxygens (including phenoxy) is 1. The highest BCUT2D eigenvalue weighted by molar-refractivity contribution is 8.02. The molecule has 1 N–H and O–H groups in total. The third kappa shape index (κ3) is 4.61. The van der Waals surface area contributed by atoms with E-state index in [2.05, 4.69) is 13.2 Å². The van der Waals surface area contributed by atoms with Crippen molar-refractivity contribution in [3.8, 4) is 0 Å². The summed E-state index contributed by atoms with van der Waals surface area (Å²) < 4.78 is 4.93. The average molecular weight is 479 g/mol. The van der Waals surface area contributed by atoms with Crippen LogP contribution >= 0.6 is 11.8 Å². The number of esters is 1. The van der Waals surface area contributed by atoms with E-state index in [4.69, 9.17) is 4.74 Å². The first-order valence-corrected chi connectivity index (χ1v) is 12.8. The molecule has 0 radical (unpaired) electrons. The molecule has 3 aliphatic rings. The smallest absolute Gasteiger partial charge is 0.310 e. The minimum Gasteiger partial charge on any atom is -0.465 e. The van der Waals surface area contributed by atoms with E-state index in [-0.39, 0.29) is 29.6 Å². The van der Waals surface area contributed by atoms with Crippen molar-refractivity contribution < 1.29 is 24.2 Å². The summed E-state index contributed by atoms with van der Waals surface area (Å²) in [6.45, 7) is 14.3. The van der Waals surface area contributed by atoms with E-state index >= 15 is 0 Å². The fourth-order valence-corrected chi connectivity index (χ4v) is 7.85. The van der Waals surface area contributed by atoms with Gasteiger partial charge in [0, 0.05) is 30.5 Å². The zero-order chi connectivity index (χ0) is 24.4. The van der Waals surface area contributed by atoms with Gasteiger partial charge in [-0.3, -0.25) is 14.4 Å². The van der Waals surface area contributed by atoms with Crippen LogP contribution in [-0.2, 0) is 19.1 Å². The number of likely N-dealkylation sites (tertiary alicyclic amines) is 1. The molecule has 33 heavy (non-hydrogen) atoms. The summed E-state index contributed by atoms with van der Waals surface area (Å²) in [5.41, 5.74) is -0.448. The Hall–Kier alpha value is -1.80. The maximum atomic E-state index is 14.0. The third-order valence-electron chi connectivity index (χ3n) is 7.05. The molecule has 5 atom stereocenters. The fraction of sp³-hybridized carbons (Fsp3) is 0.720. The summed E-state index contributed by atoms with van der Waals surface area (Å²) in [6.07, 6.45) is 6.85. The van der Waals surface area contributed by atoms with Crippen LogP contribution in [0.25, 0.3) is 0 Å². The molecule has 0 saturated carbocycles. The van der Waals surface area contributed by atoms with Crippen molar-refractivity contribution in [2.24, 2.45) is 11.8 Å². The number of allylic oxidation sites excluding steroid dienone is 1. The Morgan fingerprint density at radius 2 is 2.03 bits per heavy atom.